The third-order valence-electron chi connectivity index (χ3n) is 3.76. The van der Waals surface area contributed by atoms with Crippen molar-refractivity contribution in [2.24, 2.45) is 7.05 Å². The van der Waals surface area contributed by atoms with Crippen molar-refractivity contribution in [2.45, 2.75) is 18.9 Å². The molecule has 0 aliphatic carbocycles. The number of nitrogens with zero attached hydrogens (tertiary/aromatic N) is 1. The Morgan fingerprint density at radius 3 is 3.14 bits per heavy atom. The Balaban J connectivity index is 1.50. The van der Waals surface area contributed by atoms with Crippen molar-refractivity contribution in [3.05, 3.63) is 23.2 Å². The number of nitrogens with one attached hydrogen (secondary N) is 1. The molecule has 3 heterocycles. The van der Waals surface area contributed by atoms with Gasteiger partial charge in [-0.1, -0.05) is 0 Å². The van der Waals surface area contributed by atoms with E-state index in [9.17, 15) is 9.59 Å². The highest BCUT2D eigenvalue weighted by Crippen LogP contribution is 2.24. The summed E-state index contributed by atoms with van der Waals surface area (Å²) < 4.78 is 13.3. The lowest BCUT2D eigenvalue weighted by Crippen LogP contribution is -2.35. The lowest BCUT2D eigenvalue weighted by Gasteiger charge is -2.11. The summed E-state index contributed by atoms with van der Waals surface area (Å²) in [6.07, 6.45) is 2.07. The predicted octanol–water partition coefficient (Wildman–Crippen LogP) is 1.69. The van der Waals surface area contributed by atoms with Crippen molar-refractivity contribution < 1.29 is 19.1 Å². The van der Waals surface area contributed by atoms with E-state index in [0.717, 1.165) is 29.7 Å². The molecule has 3 rings (SSSR count). The van der Waals surface area contributed by atoms with Crippen LogP contribution < -0.4 is 5.32 Å². The molecule has 0 unspecified atom stereocenters. The van der Waals surface area contributed by atoms with Gasteiger partial charge in [0.15, 0.2) is 6.61 Å². The minimum atomic E-state index is -0.488. The Hall–Kier alpha value is -1.86. The minimum Gasteiger partial charge on any atom is -0.451 e. The number of hydrogen-bond acceptors (Lipinski definition) is 5. The lowest BCUT2D eigenvalue weighted by molar-refractivity contribution is -0.124. The van der Waals surface area contributed by atoms with Crippen LogP contribution in [0.2, 0.25) is 0 Å². The topological polar surface area (TPSA) is 69.6 Å². The predicted molar refractivity (Wildman–Crippen MR) is 83.1 cm³/mol. The van der Waals surface area contributed by atoms with Gasteiger partial charge in [-0.15, -0.1) is 11.3 Å². The van der Waals surface area contributed by atoms with Gasteiger partial charge in [0.25, 0.3) is 5.91 Å². The SMILES string of the molecule is Cn1c(C(=O)OCC(=O)NC[C@@H]2CCCO2)cc2sccc21. The fourth-order valence-electron chi connectivity index (χ4n) is 2.54. The third-order valence-corrected chi connectivity index (χ3v) is 4.61. The number of esters is 1. The van der Waals surface area contributed by atoms with Crippen molar-refractivity contribution in [1.29, 1.82) is 0 Å². The highest BCUT2D eigenvalue weighted by atomic mass is 32.1. The molecule has 0 spiro atoms. The molecule has 2 aromatic heterocycles. The number of hydrogen-bond donors (Lipinski definition) is 1. The van der Waals surface area contributed by atoms with E-state index < -0.39 is 5.97 Å². The van der Waals surface area contributed by atoms with Crippen molar-refractivity contribution in [3.63, 3.8) is 0 Å². The number of thiophene rings is 1. The van der Waals surface area contributed by atoms with E-state index in [2.05, 4.69) is 5.32 Å². The molecule has 0 radical (unpaired) electrons. The van der Waals surface area contributed by atoms with Gasteiger partial charge in [-0.3, -0.25) is 4.79 Å². The second kappa shape index (κ2) is 6.50. The van der Waals surface area contributed by atoms with Crippen molar-refractivity contribution >= 4 is 33.4 Å². The molecule has 22 heavy (non-hydrogen) atoms. The highest BCUT2D eigenvalue weighted by molar-refractivity contribution is 7.17. The monoisotopic (exact) mass is 322 g/mol. The lowest BCUT2D eigenvalue weighted by atomic mass is 10.2. The van der Waals surface area contributed by atoms with E-state index >= 15 is 0 Å². The summed E-state index contributed by atoms with van der Waals surface area (Å²) >= 11 is 1.56. The minimum absolute atomic E-state index is 0.0827. The molecule has 118 valence electrons. The fourth-order valence-corrected chi connectivity index (χ4v) is 3.38. The van der Waals surface area contributed by atoms with Gasteiger partial charge in [0, 0.05) is 20.2 Å². The van der Waals surface area contributed by atoms with Crippen LogP contribution in [0.4, 0.5) is 0 Å². The maximum atomic E-state index is 12.1. The van der Waals surface area contributed by atoms with Crippen LogP contribution in [0.15, 0.2) is 17.5 Å². The van der Waals surface area contributed by atoms with E-state index in [4.69, 9.17) is 9.47 Å². The Kier molecular flexibility index (Phi) is 4.44. The van der Waals surface area contributed by atoms with Crippen LogP contribution in [0.1, 0.15) is 23.3 Å². The summed E-state index contributed by atoms with van der Waals surface area (Å²) in [6, 6.07) is 3.73. The number of ether oxygens (including phenoxy) is 2. The molecule has 7 heteroatoms. The van der Waals surface area contributed by atoms with Gasteiger partial charge in [0.1, 0.15) is 5.69 Å². The van der Waals surface area contributed by atoms with Crippen LogP contribution in [0, 0.1) is 0 Å². The van der Waals surface area contributed by atoms with Crippen molar-refractivity contribution in [3.8, 4) is 0 Å². The zero-order valence-electron chi connectivity index (χ0n) is 12.3. The summed E-state index contributed by atoms with van der Waals surface area (Å²) in [4.78, 5) is 23.7. The third kappa shape index (κ3) is 3.15. The molecule has 1 amide bonds. The maximum absolute atomic E-state index is 12.1. The molecule has 1 N–H and O–H groups in total. The van der Waals surface area contributed by atoms with Gasteiger partial charge in [0.2, 0.25) is 0 Å². The normalized spacial score (nSPS) is 17.8. The van der Waals surface area contributed by atoms with E-state index in [-0.39, 0.29) is 18.6 Å². The van der Waals surface area contributed by atoms with Crippen molar-refractivity contribution in [2.75, 3.05) is 19.8 Å². The summed E-state index contributed by atoms with van der Waals surface area (Å²) in [5.41, 5.74) is 1.44. The van der Waals surface area contributed by atoms with E-state index in [1.807, 2.05) is 18.5 Å². The standard InChI is InChI=1S/C15H18N2O4S/c1-17-11-4-6-22-13(11)7-12(17)15(19)21-9-14(18)16-8-10-3-2-5-20-10/h4,6-7,10H,2-3,5,8-9H2,1H3,(H,16,18)/t10-/m0/s1. The average Bonchev–Trinajstić information content (AvgIpc) is 3.22. The number of fused-ring (bicyclic) bond motifs is 1. The van der Waals surface area contributed by atoms with Gasteiger partial charge < -0.3 is 19.4 Å². The zero-order valence-corrected chi connectivity index (χ0v) is 13.1. The Morgan fingerprint density at radius 1 is 1.55 bits per heavy atom. The van der Waals surface area contributed by atoms with Gasteiger partial charge in [0.05, 0.1) is 16.3 Å². The van der Waals surface area contributed by atoms with E-state index in [1.165, 1.54) is 0 Å². The van der Waals surface area contributed by atoms with Gasteiger partial charge in [-0.2, -0.15) is 0 Å². The number of amides is 1. The van der Waals surface area contributed by atoms with E-state index in [0.29, 0.717) is 12.2 Å². The molecule has 0 aromatic carbocycles. The molecule has 2 aromatic rings. The molecule has 0 saturated carbocycles. The Labute approximate surface area is 132 Å². The van der Waals surface area contributed by atoms with Crippen molar-refractivity contribution in [1.82, 2.24) is 9.88 Å². The van der Waals surface area contributed by atoms with E-state index in [1.54, 1.807) is 22.0 Å². The van der Waals surface area contributed by atoms with Crippen LogP contribution in [0.5, 0.6) is 0 Å². The highest BCUT2D eigenvalue weighted by Gasteiger charge is 2.18. The number of aryl methyl sites for hydroxylation is 1. The number of carbonyl (C=O) groups excluding carboxylic acids is 2. The molecular weight excluding hydrogens is 304 g/mol. The molecule has 1 aliphatic heterocycles. The van der Waals surface area contributed by atoms with Crippen LogP contribution in [0.25, 0.3) is 10.2 Å². The first-order chi connectivity index (χ1) is 10.6. The van der Waals surface area contributed by atoms with Crippen LogP contribution in [0.3, 0.4) is 0 Å². The zero-order chi connectivity index (χ0) is 15.5. The molecule has 6 nitrogen and oxygen atoms in total. The second-order valence-corrected chi connectivity index (χ2v) is 6.22. The van der Waals surface area contributed by atoms with Crippen LogP contribution in [-0.4, -0.2) is 42.3 Å². The van der Waals surface area contributed by atoms with Crippen LogP contribution >= 0.6 is 11.3 Å². The first-order valence-electron chi connectivity index (χ1n) is 7.23. The summed E-state index contributed by atoms with van der Waals surface area (Å²) in [5.74, 6) is -0.793. The molecule has 1 fully saturated rings. The second-order valence-electron chi connectivity index (χ2n) is 5.27. The summed E-state index contributed by atoms with van der Waals surface area (Å²) in [5, 5.41) is 4.69. The largest absolute Gasteiger partial charge is 0.451 e. The first-order valence-corrected chi connectivity index (χ1v) is 8.11. The molecular formula is C15H18N2O4S. The number of rotatable bonds is 5. The number of aromatic nitrogens is 1. The van der Waals surface area contributed by atoms with Gasteiger partial charge in [-0.05, 0) is 30.4 Å². The van der Waals surface area contributed by atoms with Gasteiger partial charge in [-0.25, -0.2) is 4.79 Å². The quantitative estimate of drug-likeness (QED) is 0.851. The fraction of sp³-hybridized carbons (Fsp3) is 0.467. The molecule has 0 bridgehead atoms. The Morgan fingerprint density at radius 2 is 2.41 bits per heavy atom. The maximum Gasteiger partial charge on any atom is 0.355 e. The first kappa shape index (κ1) is 15.1. The molecule has 1 atom stereocenters. The molecule has 1 saturated heterocycles. The van der Waals surface area contributed by atoms with Crippen LogP contribution in [-0.2, 0) is 21.3 Å². The smallest absolute Gasteiger partial charge is 0.355 e. The Bertz CT molecular complexity index is 685. The summed E-state index contributed by atoms with van der Waals surface area (Å²) in [7, 11) is 1.81. The average molecular weight is 322 g/mol. The molecule has 1 aliphatic rings. The van der Waals surface area contributed by atoms with Gasteiger partial charge >= 0.3 is 5.97 Å². The number of carbonyl (C=O) groups is 2. The summed E-state index contributed by atoms with van der Waals surface area (Å²) in [6.45, 7) is 0.945.